The monoisotopic (exact) mass is 318 g/mol. The molecule has 1 saturated carbocycles. The highest BCUT2D eigenvalue weighted by Crippen LogP contribution is 2.42. The number of rotatable bonds is 12. The van der Waals surface area contributed by atoms with E-state index in [9.17, 15) is 0 Å². The molecular formula is C23H42. The number of unbranched alkanes of at least 4 members (excludes halogenated alkanes) is 1. The zero-order chi connectivity index (χ0) is 17.3. The van der Waals surface area contributed by atoms with Crippen molar-refractivity contribution in [1.29, 1.82) is 0 Å². The van der Waals surface area contributed by atoms with Crippen molar-refractivity contribution in [3.05, 3.63) is 23.3 Å². The molecule has 2 unspecified atom stereocenters. The highest BCUT2D eigenvalue weighted by Gasteiger charge is 2.29. The molecule has 0 radical (unpaired) electrons. The van der Waals surface area contributed by atoms with E-state index in [1.54, 1.807) is 11.1 Å². The van der Waals surface area contributed by atoms with E-state index in [1.165, 1.54) is 64.2 Å². The summed E-state index contributed by atoms with van der Waals surface area (Å²) in [4.78, 5) is 0. The van der Waals surface area contributed by atoms with E-state index in [-0.39, 0.29) is 0 Å². The molecule has 0 aromatic rings. The third-order valence-electron chi connectivity index (χ3n) is 5.89. The maximum atomic E-state index is 2.60. The van der Waals surface area contributed by atoms with Gasteiger partial charge in [-0.05, 0) is 66.9 Å². The van der Waals surface area contributed by atoms with E-state index >= 15 is 0 Å². The highest BCUT2D eigenvalue weighted by molar-refractivity contribution is 5.50. The molecule has 0 nitrogen and oxygen atoms in total. The van der Waals surface area contributed by atoms with Gasteiger partial charge in [0.25, 0.3) is 0 Å². The standard InChI is InChI=1S/C23H42/c1-7-11-14-22(13-9-3)23(5,6)16-15-19(10-4)17-21-18-20(21)12-8-2/h12,17,19,22H,7-11,13-16,18H2,1-6H3. The minimum atomic E-state index is 0.503. The molecule has 0 bridgehead atoms. The molecule has 1 aliphatic rings. The quantitative estimate of drug-likeness (QED) is 0.341. The molecule has 0 aromatic heterocycles. The Labute approximate surface area is 146 Å². The molecule has 0 heteroatoms. The first-order chi connectivity index (χ1) is 11.0. The van der Waals surface area contributed by atoms with Gasteiger partial charge in [0.05, 0.1) is 0 Å². The van der Waals surface area contributed by atoms with Crippen molar-refractivity contribution in [2.45, 2.75) is 106 Å². The minimum Gasteiger partial charge on any atom is -0.0810 e. The zero-order valence-electron chi connectivity index (χ0n) is 16.9. The van der Waals surface area contributed by atoms with Crippen molar-refractivity contribution in [3.8, 4) is 0 Å². The first-order valence-corrected chi connectivity index (χ1v) is 10.4. The van der Waals surface area contributed by atoms with Crippen LogP contribution in [-0.2, 0) is 0 Å². The van der Waals surface area contributed by atoms with Crippen LogP contribution in [-0.4, -0.2) is 0 Å². The third kappa shape index (κ3) is 7.27. The fraction of sp³-hybridized carbons (Fsp3) is 0.826. The smallest absolute Gasteiger partial charge is 0.00265 e. The Kier molecular flexibility index (Phi) is 9.25. The third-order valence-corrected chi connectivity index (χ3v) is 5.89. The lowest BCUT2D eigenvalue weighted by molar-refractivity contribution is 0.157. The molecule has 0 amide bonds. The average molecular weight is 319 g/mol. The Morgan fingerprint density at radius 1 is 0.957 bits per heavy atom. The van der Waals surface area contributed by atoms with Gasteiger partial charge < -0.3 is 0 Å². The number of allylic oxidation sites excluding steroid dienone is 4. The van der Waals surface area contributed by atoms with Crippen LogP contribution in [0.1, 0.15) is 106 Å². The molecule has 0 N–H and O–H groups in total. The Morgan fingerprint density at radius 3 is 2.26 bits per heavy atom. The molecule has 1 rings (SSSR count). The average Bonchev–Trinajstić information content (AvgIpc) is 3.25. The van der Waals surface area contributed by atoms with Crippen LogP contribution in [0.5, 0.6) is 0 Å². The van der Waals surface area contributed by atoms with Crippen molar-refractivity contribution in [3.63, 3.8) is 0 Å². The molecule has 2 atom stereocenters. The van der Waals surface area contributed by atoms with Gasteiger partial charge in [-0.1, -0.05) is 79.4 Å². The van der Waals surface area contributed by atoms with Crippen molar-refractivity contribution < 1.29 is 0 Å². The second kappa shape index (κ2) is 10.4. The number of hydrogen-bond acceptors (Lipinski definition) is 0. The van der Waals surface area contributed by atoms with Crippen LogP contribution in [0.25, 0.3) is 0 Å². The van der Waals surface area contributed by atoms with Gasteiger partial charge in [0.2, 0.25) is 0 Å². The fourth-order valence-corrected chi connectivity index (χ4v) is 3.95. The molecule has 0 heterocycles. The lowest BCUT2D eigenvalue weighted by Crippen LogP contribution is -2.25. The topological polar surface area (TPSA) is 0 Å². The molecule has 0 aromatic carbocycles. The molecule has 1 aliphatic carbocycles. The normalized spacial score (nSPS) is 21.0. The van der Waals surface area contributed by atoms with Crippen molar-refractivity contribution in [1.82, 2.24) is 0 Å². The van der Waals surface area contributed by atoms with E-state index in [2.05, 4.69) is 53.7 Å². The Hall–Kier alpha value is -0.520. The van der Waals surface area contributed by atoms with Crippen LogP contribution in [0, 0.1) is 17.3 Å². The Bertz CT molecular complexity index is 383. The molecule has 0 aliphatic heterocycles. The predicted octanol–water partition coefficient (Wildman–Crippen LogP) is 8.09. The van der Waals surface area contributed by atoms with Gasteiger partial charge in [0.15, 0.2) is 0 Å². The van der Waals surface area contributed by atoms with E-state index in [0.717, 1.165) is 11.8 Å². The maximum Gasteiger partial charge on any atom is -0.00265 e. The van der Waals surface area contributed by atoms with Gasteiger partial charge in [-0.25, -0.2) is 0 Å². The SMILES string of the molecule is CCC=C1CC1=CC(CC)CCC(C)(C)C(CCC)CCCC. The van der Waals surface area contributed by atoms with Crippen LogP contribution >= 0.6 is 0 Å². The Morgan fingerprint density at radius 2 is 1.70 bits per heavy atom. The summed E-state index contributed by atoms with van der Waals surface area (Å²) < 4.78 is 0. The summed E-state index contributed by atoms with van der Waals surface area (Å²) in [5, 5.41) is 0. The van der Waals surface area contributed by atoms with Crippen LogP contribution in [0.3, 0.4) is 0 Å². The number of hydrogen-bond donors (Lipinski definition) is 0. The predicted molar refractivity (Wildman–Crippen MR) is 106 cm³/mol. The summed E-state index contributed by atoms with van der Waals surface area (Å²) in [6.07, 6.45) is 18.4. The van der Waals surface area contributed by atoms with Gasteiger partial charge >= 0.3 is 0 Å². The maximum absolute atomic E-state index is 2.60. The van der Waals surface area contributed by atoms with Crippen LogP contribution in [0.15, 0.2) is 23.3 Å². The highest BCUT2D eigenvalue weighted by atomic mass is 14.3. The summed E-state index contributed by atoms with van der Waals surface area (Å²) in [6, 6.07) is 0. The van der Waals surface area contributed by atoms with Crippen molar-refractivity contribution in [2.75, 3.05) is 0 Å². The lowest BCUT2D eigenvalue weighted by Gasteiger charge is -2.35. The summed E-state index contributed by atoms with van der Waals surface area (Å²) >= 11 is 0. The van der Waals surface area contributed by atoms with E-state index in [1.807, 2.05) is 0 Å². The molecule has 0 saturated heterocycles. The van der Waals surface area contributed by atoms with E-state index < -0.39 is 0 Å². The van der Waals surface area contributed by atoms with E-state index in [0.29, 0.717) is 5.41 Å². The largest absolute Gasteiger partial charge is 0.0810 e. The van der Waals surface area contributed by atoms with E-state index in [4.69, 9.17) is 0 Å². The molecule has 1 fully saturated rings. The summed E-state index contributed by atoms with van der Waals surface area (Å²) in [7, 11) is 0. The molecular weight excluding hydrogens is 276 g/mol. The van der Waals surface area contributed by atoms with Gasteiger partial charge in [-0.2, -0.15) is 0 Å². The molecule has 0 spiro atoms. The summed E-state index contributed by atoms with van der Waals surface area (Å²) in [5.74, 6) is 1.70. The second-order valence-electron chi connectivity index (χ2n) is 8.33. The lowest BCUT2D eigenvalue weighted by atomic mass is 9.70. The first kappa shape index (κ1) is 20.5. The van der Waals surface area contributed by atoms with Gasteiger partial charge in [-0.15, -0.1) is 0 Å². The van der Waals surface area contributed by atoms with Crippen LogP contribution in [0.2, 0.25) is 0 Å². The molecule has 23 heavy (non-hydrogen) atoms. The van der Waals surface area contributed by atoms with Gasteiger partial charge in [0, 0.05) is 0 Å². The molecule has 134 valence electrons. The zero-order valence-corrected chi connectivity index (χ0v) is 16.9. The fourth-order valence-electron chi connectivity index (χ4n) is 3.95. The summed E-state index contributed by atoms with van der Waals surface area (Å²) in [5.41, 5.74) is 3.77. The minimum absolute atomic E-state index is 0.503. The van der Waals surface area contributed by atoms with Crippen molar-refractivity contribution in [2.24, 2.45) is 17.3 Å². The summed E-state index contributed by atoms with van der Waals surface area (Å²) in [6.45, 7) is 14.3. The van der Waals surface area contributed by atoms with Gasteiger partial charge in [-0.3, -0.25) is 0 Å². The van der Waals surface area contributed by atoms with Gasteiger partial charge in [0.1, 0.15) is 0 Å². The van der Waals surface area contributed by atoms with Crippen molar-refractivity contribution >= 4 is 0 Å². The Balaban J connectivity index is 2.56. The van der Waals surface area contributed by atoms with Crippen LogP contribution < -0.4 is 0 Å². The first-order valence-electron chi connectivity index (χ1n) is 10.4. The second-order valence-corrected chi connectivity index (χ2v) is 8.33. The van der Waals surface area contributed by atoms with Crippen LogP contribution in [0.4, 0.5) is 0 Å².